The van der Waals surface area contributed by atoms with Crippen molar-refractivity contribution in [3.8, 4) is 0 Å². The summed E-state index contributed by atoms with van der Waals surface area (Å²) in [6, 6.07) is 5.65. The van der Waals surface area contributed by atoms with Gasteiger partial charge in [0.2, 0.25) is 5.91 Å². The molecule has 3 rings (SSSR count). The molecule has 1 aliphatic rings. The van der Waals surface area contributed by atoms with E-state index in [1.54, 1.807) is 23.9 Å². The van der Waals surface area contributed by atoms with Gasteiger partial charge in [0.1, 0.15) is 17.0 Å². The number of hydrogen-bond acceptors (Lipinski definition) is 3. The minimum Gasteiger partial charge on any atom is -0.353 e. The summed E-state index contributed by atoms with van der Waals surface area (Å²) in [6.45, 7) is 3.75. The molecule has 1 aromatic carbocycles. The number of benzene rings is 1. The third kappa shape index (κ3) is 3.16. The van der Waals surface area contributed by atoms with E-state index in [4.69, 9.17) is 11.6 Å². The highest BCUT2D eigenvalue weighted by molar-refractivity contribution is 6.30. The first-order valence-corrected chi connectivity index (χ1v) is 8.36. The van der Waals surface area contributed by atoms with Crippen LogP contribution in [0.3, 0.4) is 0 Å². The van der Waals surface area contributed by atoms with Gasteiger partial charge in [0, 0.05) is 32.2 Å². The second kappa shape index (κ2) is 6.91. The van der Waals surface area contributed by atoms with Crippen LogP contribution in [0.1, 0.15) is 29.8 Å². The number of aryl methyl sites for hydroxylation is 2. The summed E-state index contributed by atoms with van der Waals surface area (Å²) in [5.74, 6) is -0.468. The topological polar surface area (TPSA) is 50.2 Å². The molecular weight excluding hydrogens is 331 g/mol. The molecule has 5 nitrogen and oxygen atoms in total. The van der Waals surface area contributed by atoms with Crippen molar-refractivity contribution in [3.63, 3.8) is 0 Å². The number of halogens is 2. The molecule has 128 valence electrons. The van der Waals surface area contributed by atoms with Gasteiger partial charge in [-0.15, -0.1) is 0 Å². The van der Waals surface area contributed by atoms with Gasteiger partial charge in [-0.1, -0.05) is 30.7 Å². The monoisotopic (exact) mass is 350 g/mol. The summed E-state index contributed by atoms with van der Waals surface area (Å²) in [7, 11) is 1.80. The van der Waals surface area contributed by atoms with Gasteiger partial charge in [0.05, 0.1) is 5.69 Å². The predicted molar refractivity (Wildman–Crippen MR) is 90.2 cm³/mol. The lowest BCUT2D eigenvalue weighted by Crippen LogP contribution is -2.49. The zero-order valence-electron chi connectivity index (χ0n) is 13.7. The Balaban J connectivity index is 1.94. The molecule has 1 aliphatic heterocycles. The number of carbonyl (C=O) groups excluding carboxylic acids is 1. The second-order valence-corrected chi connectivity index (χ2v) is 6.27. The summed E-state index contributed by atoms with van der Waals surface area (Å²) in [6.07, 6.45) is 0.764. The number of hydrogen-bond donors (Lipinski definition) is 1. The molecule has 0 bridgehead atoms. The maximum atomic E-state index is 13.6. The number of amides is 1. The lowest BCUT2D eigenvalue weighted by atomic mass is 10.0. The maximum Gasteiger partial charge on any atom is 0.242 e. The van der Waals surface area contributed by atoms with E-state index in [1.165, 1.54) is 12.1 Å². The van der Waals surface area contributed by atoms with Gasteiger partial charge in [-0.3, -0.25) is 14.4 Å². The zero-order valence-corrected chi connectivity index (χ0v) is 14.5. The van der Waals surface area contributed by atoms with Gasteiger partial charge < -0.3 is 5.32 Å². The molecule has 7 heteroatoms. The van der Waals surface area contributed by atoms with Crippen LogP contribution in [0, 0.1) is 5.82 Å². The Morgan fingerprint density at radius 1 is 1.46 bits per heavy atom. The minimum atomic E-state index is -0.532. The molecule has 24 heavy (non-hydrogen) atoms. The van der Waals surface area contributed by atoms with Crippen molar-refractivity contribution in [2.24, 2.45) is 7.05 Å². The van der Waals surface area contributed by atoms with E-state index >= 15 is 0 Å². The van der Waals surface area contributed by atoms with Gasteiger partial charge >= 0.3 is 0 Å². The van der Waals surface area contributed by atoms with Crippen LogP contribution in [0.25, 0.3) is 0 Å². The molecule has 0 aliphatic carbocycles. The highest BCUT2D eigenvalue weighted by Crippen LogP contribution is 2.29. The van der Waals surface area contributed by atoms with E-state index in [-0.39, 0.29) is 11.7 Å². The minimum absolute atomic E-state index is 0.120. The maximum absolute atomic E-state index is 13.6. The van der Waals surface area contributed by atoms with E-state index in [9.17, 15) is 9.18 Å². The van der Waals surface area contributed by atoms with Crippen molar-refractivity contribution < 1.29 is 9.18 Å². The Labute approximate surface area is 145 Å². The molecule has 0 radical (unpaired) electrons. The Hall–Kier alpha value is -1.92. The fourth-order valence-electron chi connectivity index (χ4n) is 3.17. The first-order valence-electron chi connectivity index (χ1n) is 7.98. The third-order valence-electron chi connectivity index (χ3n) is 4.32. The largest absolute Gasteiger partial charge is 0.353 e. The van der Waals surface area contributed by atoms with Crippen molar-refractivity contribution in [3.05, 3.63) is 52.1 Å². The van der Waals surface area contributed by atoms with Crippen LogP contribution in [0.4, 0.5) is 4.39 Å². The van der Waals surface area contributed by atoms with Crippen LogP contribution < -0.4 is 5.32 Å². The fourth-order valence-corrected chi connectivity index (χ4v) is 3.37. The highest BCUT2D eigenvalue weighted by atomic mass is 35.5. The number of nitrogens with one attached hydrogen (secondary N) is 1. The van der Waals surface area contributed by atoms with Gasteiger partial charge in [0.15, 0.2) is 0 Å². The van der Waals surface area contributed by atoms with Crippen molar-refractivity contribution >= 4 is 17.5 Å². The van der Waals surface area contributed by atoms with Crippen LogP contribution in [0.15, 0.2) is 24.3 Å². The normalized spacial score (nSPS) is 18.7. The van der Waals surface area contributed by atoms with Crippen LogP contribution >= 0.6 is 11.6 Å². The average molecular weight is 351 g/mol. The number of aromatic nitrogens is 2. The van der Waals surface area contributed by atoms with E-state index in [0.29, 0.717) is 30.4 Å². The Bertz CT molecular complexity index is 761. The second-order valence-electron chi connectivity index (χ2n) is 5.91. The predicted octanol–water partition coefficient (Wildman–Crippen LogP) is 2.45. The molecule has 0 spiro atoms. The standard InChI is InChI=1S/C17H20ClFN4O/c1-3-14-13(16(18)22(2)21-14)10-23-8-7-20-17(24)15(23)11-5-4-6-12(19)9-11/h4-6,9,15H,3,7-8,10H2,1-2H3,(H,20,24)/t15-/m1/s1. The van der Waals surface area contributed by atoms with E-state index in [1.807, 2.05) is 11.8 Å². The summed E-state index contributed by atoms with van der Waals surface area (Å²) in [5.41, 5.74) is 2.49. The molecule has 2 aromatic rings. The van der Waals surface area contributed by atoms with Crippen LogP contribution in [0.2, 0.25) is 5.15 Å². The lowest BCUT2D eigenvalue weighted by molar-refractivity contribution is -0.129. The fraction of sp³-hybridized carbons (Fsp3) is 0.412. The van der Waals surface area contributed by atoms with Crippen molar-refractivity contribution in [2.75, 3.05) is 13.1 Å². The molecule has 1 N–H and O–H groups in total. The molecule has 1 aromatic heterocycles. The molecule has 1 saturated heterocycles. The number of rotatable bonds is 4. The summed E-state index contributed by atoms with van der Waals surface area (Å²) >= 11 is 6.38. The number of piperazine rings is 1. The van der Waals surface area contributed by atoms with Crippen LogP contribution in [-0.4, -0.2) is 33.7 Å². The molecular formula is C17H20ClFN4O. The first-order chi connectivity index (χ1) is 11.5. The molecule has 2 heterocycles. The number of carbonyl (C=O) groups is 1. The Morgan fingerprint density at radius 2 is 2.25 bits per heavy atom. The van der Waals surface area contributed by atoms with E-state index in [0.717, 1.165) is 17.7 Å². The smallest absolute Gasteiger partial charge is 0.242 e. The Kier molecular flexibility index (Phi) is 4.87. The van der Waals surface area contributed by atoms with Gasteiger partial charge in [0.25, 0.3) is 0 Å². The summed E-state index contributed by atoms with van der Waals surface area (Å²) < 4.78 is 15.3. The highest BCUT2D eigenvalue weighted by Gasteiger charge is 2.32. The first kappa shape index (κ1) is 16.9. The summed E-state index contributed by atoms with van der Waals surface area (Å²) in [4.78, 5) is 14.4. The molecule has 0 saturated carbocycles. The van der Waals surface area contributed by atoms with E-state index < -0.39 is 6.04 Å². The molecule has 0 unspecified atom stereocenters. The van der Waals surface area contributed by atoms with Gasteiger partial charge in [-0.2, -0.15) is 5.10 Å². The quantitative estimate of drug-likeness (QED) is 0.921. The molecule has 1 atom stereocenters. The van der Waals surface area contributed by atoms with Crippen molar-refractivity contribution in [2.45, 2.75) is 25.9 Å². The Morgan fingerprint density at radius 3 is 2.96 bits per heavy atom. The lowest BCUT2D eigenvalue weighted by Gasteiger charge is -2.35. The van der Waals surface area contributed by atoms with E-state index in [2.05, 4.69) is 10.4 Å². The van der Waals surface area contributed by atoms with Crippen LogP contribution in [0.5, 0.6) is 0 Å². The molecule has 1 fully saturated rings. The van der Waals surface area contributed by atoms with Crippen molar-refractivity contribution in [1.82, 2.24) is 20.0 Å². The van der Waals surface area contributed by atoms with Gasteiger partial charge in [-0.25, -0.2) is 4.39 Å². The third-order valence-corrected chi connectivity index (χ3v) is 4.80. The SMILES string of the molecule is CCc1nn(C)c(Cl)c1CN1CCNC(=O)[C@H]1c1cccc(F)c1. The van der Waals surface area contributed by atoms with Crippen molar-refractivity contribution in [1.29, 1.82) is 0 Å². The number of nitrogens with zero attached hydrogens (tertiary/aromatic N) is 3. The summed E-state index contributed by atoms with van der Waals surface area (Å²) in [5, 5.41) is 7.86. The molecule has 1 amide bonds. The zero-order chi connectivity index (χ0) is 17.3. The van der Waals surface area contributed by atoms with Crippen LogP contribution in [-0.2, 0) is 24.8 Å². The van der Waals surface area contributed by atoms with Gasteiger partial charge in [-0.05, 0) is 24.1 Å². The average Bonchev–Trinajstić information content (AvgIpc) is 2.83.